The van der Waals surface area contributed by atoms with Crippen molar-refractivity contribution in [2.45, 2.75) is 38.9 Å². The van der Waals surface area contributed by atoms with Crippen LogP contribution in [0.4, 0.5) is 14.5 Å². The maximum atomic E-state index is 13.4. The number of rotatable bonds is 4. The minimum Gasteiger partial charge on any atom is -0.395 e. The third-order valence-electron chi connectivity index (χ3n) is 6.15. The van der Waals surface area contributed by atoms with Gasteiger partial charge in [-0.3, -0.25) is 4.79 Å². The van der Waals surface area contributed by atoms with Crippen LogP contribution in [-0.2, 0) is 4.79 Å². The number of ether oxygens (including phenoxy) is 2. The number of hydrogen-bond acceptors (Lipinski definition) is 4. The second-order valence-electron chi connectivity index (χ2n) is 8.28. The third kappa shape index (κ3) is 3.56. The Bertz CT molecular complexity index is 1200. The number of amides is 1. The molecule has 2 aromatic carbocycles. The molecule has 1 saturated carbocycles. The zero-order chi connectivity index (χ0) is 22.5. The van der Waals surface area contributed by atoms with E-state index in [0.717, 1.165) is 47.9 Å². The monoisotopic (exact) mass is 436 g/mol. The molecule has 1 aliphatic heterocycles. The average molecular weight is 436 g/mol. The summed E-state index contributed by atoms with van der Waals surface area (Å²) in [4.78, 5) is 13.0. The summed E-state index contributed by atoms with van der Waals surface area (Å²) in [6.07, 6.45) is 0.319. The Morgan fingerprint density at radius 1 is 1.06 bits per heavy atom. The van der Waals surface area contributed by atoms with Crippen LogP contribution < -0.4 is 20.1 Å². The number of anilines is 1. The van der Waals surface area contributed by atoms with Crippen LogP contribution >= 0.6 is 0 Å². The van der Waals surface area contributed by atoms with Gasteiger partial charge in [-0.15, -0.1) is 8.78 Å². The Labute approximate surface area is 184 Å². The highest BCUT2D eigenvalue weighted by Crippen LogP contribution is 2.47. The van der Waals surface area contributed by atoms with E-state index >= 15 is 0 Å². The number of aryl methyl sites for hydroxylation is 1. The fraction of sp³-hybridized carbons (Fsp3) is 0.320. The van der Waals surface area contributed by atoms with Crippen LogP contribution in [0.1, 0.15) is 31.2 Å². The van der Waals surface area contributed by atoms with Gasteiger partial charge in [0.25, 0.3) is 5.91 Å². The molecule has 0 radical (unpaired) electrons. The Balaban J connectivity index is 1.35. The first-order valence-corrected chi connectivity index (χ1v) is 10.6. The maximum Gasteiger partial charge on any atom is 0.586 e. The number of alkyl halides is 2. The molecule has 0 atom stereocenters. The zero-order valence-corrected chi connectivity index (χ0v) is 17.8. The molecule has 0 saturated heterocycles. The first-order chi connectivity index (χ1) is 15.3. The number of likely N-dealkylation sites (N-methyl/N-ethyl adjacent to an activating group) is 1. The minimum absolute atomic E-state index is 0.00183. The number of nitrogens with one attached hydrogen (secondary N) is 2. The van der Waals surface area contributed by atoms with Crippen LogP contribution in [0.3, 0.4) is 0 Å². The van der Waals surface area contributed by atoms with Crippen molar-refractivity contribution in [2.24, 2.45) is 5.41 Å². The molecule has 0 aromatic heterocycles. The van der Waals surface area contributed by atoms with E-state index in [-0.39, 0.29) is 22.8 Å². The third-order valence-corrected chi connectivity index (χ3v) is 6.15. The Hall–Kier alpha value is -3.53. The van der Waals surface area contributed by atoms with Crippen molar-refractivity contribution in [1.29, 1.82) is 0 Å². The smallest absolute Gasteiger partial charge is 0.395 e. The molecule has 1 fully saturated rings. The van der Waals surface area contributed by atoms with E-state index in [9.17, 15) is 13.6 Å². The molecule has 5 nitrogen and oxygen atoms in total. The molecule has 1 spiro atoms. The minimum atomic E-state index is -3.65. The van der Waals surface area contributed by atoms with Crippen molar-refractivity contribution in [2.75, 3.05) is 12.4 Å². The molecule has 164 valence electrons. The SMILES string of the molecule is CN/C(C(=O)Nc1ccc(-c2cc3c(cc2C)OC(F)(F)O3)cc1)=C1/CCCCC12C#C2. The molecule has 2 aromatic rings. The number of fused-ring (bicyclic) bond motifs is 1. The largest absolute Gasteiger partial charge is 0.586 e. The lowest BCUT2D eigenvalue weighted by Gasteiger charge is -2.26. The highest BCUT2D eigenvalue weighted by Gasteiger charge is 2.44. The van der Waals surface area contributed by atoms with E-state index < -0.39 is 6.29 Å². The summed E-state index contributed by atoms with van der Waals surface area (Å²) in [5, 5.41) is 6.01. The Kier molecular flexibility index (Phi) is 4.63. The van der Waals surface area contributed by atoms with Crippen molar-refractivity contribution in [3.8, 4) is 34.5 Å². The van der Waals surface area contributed by atoms with Crippen LogP contribution in [0.5, 0.6) is 11.5 Å². The van der Waals surface area contributed by atoms with Gasteiger partial charge in [0.1, 0.15) is 11.1 Å². The second-order valence-corrected chi connectivity index (χ2v) is 8.28. The lowest BCUT2D eigenvalue weighted by atomic mass is 9.77. The summed E-state index contributed by atoms with van der Waals surface area (Å²) >= 11 is 0. The van der Waals surface area contributed by atoms with Crippen molar-refractivity contribution >= 4 is 11.6 Å². The van der Waals surface area contributed by atoms with Gasteiger partial charge in [-0.1, -0.05) is 30.4 Å². The van der Waals surface area contributed by atoms with Gasteiger partial charge in [0.15, 0.2) is 11.5 Å². The first kappa shape index (κ1) is 20.4. The molecule has 7 heteroatoms. The molecule has 32 heavy (non-hydrogen) atoms. The van der Waals surface area contributed by atoms with E-state index in [1.165, 1.54) is 6.07 Å². The zero-order valence-electron chi connectivity index (χ0n) is 17.8. The quantitative estimate of drug-likeness (QED) is 0.525. The Morgan fingerprint density at radius 3 is 2.41 bits per heavy atom. The van der Waals surface area contributed by atoms with Gasteiger partial charge in [0, 0.05) is 12.7 Å². The summed E-state index contributed by atoms with van der Waals surface area (Å²) in [5.74, 6) is 6.21. The number of hydrogen-bond donors (Lipinski definition) is 2. The molecule has 1 heterocycles. The van der Waals surface area contributed by atoms with Gasteiger partial charge in [-0.05, 0) is 72.7 Å². The van der Waals surface area contributed by atoms with Gasteiger partial charge in [-0.25, -0.2) is 0 Å². The highest BCUT2D eigenvalue weighted by molar-refractivity contribution is 6.04. The van der Waals surface area contributed by atoms with Crippen molar-refractivity contribution in [3.63, 3.8) is 0 Å². The topological polar surface area (TPSA) is 59.6 Å². The predicted octanol–water partition coefficient (Wildman–Crippen LogP) is 4.97. The van der Waals surface area contributed by atoms with Crippen molar-refractivity contribution in [3.05, 3.63) is 53.2 Å². The Morgan fingerprint density at radius 2 is 1.75 bits per heavy atom. The van der Waals surface area contributed by atoms with Gasteiger partial charge >= 0.3 is 6.29 Å². The summed E-state index contributed by atoms with van der Waals surface area (Å²) in [6.45, 7) is 1.82. The van der Waals surface area contributed by atoms with Crippen molar-refractivity contribution < 1.29 is 23.0 Å². The van der Waals surface area contributed by atoms with Crippen LogP contribution in [-0.4, -0.2) is 19.2 Å². The van der Waals surface area contributed by atoms with Gasteiger partial charge in [0.05, 0.1) is 0 Å². The molecule has 2 N–H and O–H groups in total. The van der Waals surface area contributed by atoms with Crippen LogP contribution in [0.15, 0.2) is 47.7 Å². The molecule has 5 rings (SSSR count). The molecular formula is C25H22F2N2O3. The molecule has 0 unspecified atom stereocenters. The van der Waals surface area contributed by atoms with Crippen LogP contribution in [0, 0.1) is 24.2 Å². The van der Waals surface area contributed by atoms with Crippen LogP contribution in [0.2, 0.25) is 0 Å². The molecule has 3 aliphatic rings. The predicted molar refractivity (Wildman–Crippen MR) is 116 cm³/mol. The lowest BCUT2D eigenvalue weighted by Crippen LogP contribution is -2.29. The van der Waals surface area contributed by atoms with E-state index in [4.69, 9.17) is 0 Å². The molecule has 0 bridgehead atoms. The summed E-state index contributed by atoms with van der Waals surface area (Å²) in [7, 11) is 1.75. The van der Waals surface area contributed by atoms with Crippen molar-refractivity contribution in [1.82, 2.24) is 5.32 Å². The highest BCUT2D eigenvalue weighted by atomic mass is 19.3. The van der Waals surface area contributed by atoms with E-state index in [1.807, 2.05) is 19.1 Å². The van der Waals surface area contributed by atoms with E-state index in [1.54, 1.807) is 25.2 Å². The maximum absolute atomic E-state index is 13.4. The normalized spacial score (nSPS) is 20.2. The molecule has 1 amide bonds. The second kappa shape index (κ2) is 7.27. The van der Waals surface area contributed by atoms with Gasteiger partial charge < -0.3 is 20.1 Å². The summed E-state index contributed by atoms with van der Waals surface area (Å²) < 4.78 is 35.8. The van der Waals surface area contributed by atoms with Gasteiger partial charge in [-0.2, -0.15) is 0 Å². The number of carbonyl (C=O) groups excluding carboxylic acids is 1. The summed E-state index contributed by atoms with van der Waals surface area (Å²) in [5.41, 5.74) is 4.33. The lowest BCUT2D eigenvalue weighted by molar-refractivity contribution is -0.286. The average Bonchev–Trinajstić information content (AvgIpc) is 3.44. The molecular weight excluding hydrogens is 414 g/mol. The number of carbonyl (C=O) groups is 1. The van der Waals surface area contributed by atoms with Crippen LogP contribution in [0.25, 0.3) is 11.1 Å². The first-order valence-electron chi connectivity index (χ1n) is 10.6. The molecule has 2 aliphatic carbocycles. The fourth-order valence-electron chi connectivity index (χ4n) is 4.48. The fourth-order valence-corrected chi connectivity index (χ4v) is 4.48. The summed E-state index contributed by atoms with van der Waals surface area (Å²) in [6, 6.07) is 10.3. The number of allylic oxidation sites excluding steroid dienone is 1. The number of benzene rings is 2. The standard InChI is InChI=1S/C25H22F2N2O3/c1-15-13-20-21(32-25(26,27)31-20)14-18(15)16-6-8-17(9-7-16)29-23(30)22(28-2)19-5-3-4-10-24(19)11-12-24/h6-9,13-14,28H,3-5,10H2,1-2H3,(H,29,30)/b22-19-. The van der Waals surface area contributed by atoms with E-state index in [0.29, 0.717) is 11.4 Å². The van der Waals surface area contributed by atoms with E-state index in [2.05, 4.69) is 31.9 Å². The number of halogens is 2. The van der Waals surface area contributed by atoms with Gasteiger partial charge in [0.2, 0.25) is 0 Å².